The summed E-state index contributed by atoms with van der Waals surface area (Å²) in [5.41, 5.74) is 1.55. The highest BCUT2D eigenvalue weighted by atomic mass is 35.5. The molecule has 0 saturated heterocycles. The Morgan fingerprint density at radius 3 is 2.55 bits per heavy atom. The number of fused-ring (bicyclic) bond motifs is 1. The molecule has 0 aliphatic heterocycles. The molecule has 100 valence electrons. The smallest absolute Gasteiger partial charge is 0.341 e. The van der Waals surface area contributed by atoms with Crippen LogP contribution in [0.2, 0.25) is 10.2 Å². The van der Waals surface area contributed by atoms with Gasteiger partial charge >= 0.3 is 5.97 Å². The second kappa shape index (κ2) is 4.77. The fourth-order valence-electron chi connectivity index (χ4n) is 1.85. The first-order valence-corrected chi connectivity index (χ1v) is 6.35. The summed E-state index contributed by atoms with van der Waals surface area (Å²) in [5.74, 6) is -1.10. The van der Waals surface area contributed by atoms with Gasteiger partial charge in [0.25, 0.3) is 0 Å². The minimum absolute atomic E-state index is 0.00251. The molecule has 0 radical (unpaired) electrons. The van der Waals surface area contributed by atoms with E-state index in [4.69, 9.17) is 28.3 Å². The van der Waals surface area contributed by atoms with Crippen molar-refractivity contribution in [3.05, 3.63) is 52.3 Å². The highest BCUT2D eigenvalue weighted by Gasteiger charge is 2.16. The molecular weight excluding hydrogens is 301 g/mol. The number of rotatable bonds is 2. The van der Waals surface area contributed by atoms with Crippen molar-refractivity contribution in [1.82, 2.24) is 14.6 Å². The Morgan fingerprint density at radius 1 is 1.20 bits per heavy atom. The van der Waals surface area contributed by atoms with Crippen molar-refractivity contribution in [3.8, 4) is 11.3 Å². The van der Waals surface area contributed by atoms with E-state index < -0.39 is 5.97 Å². The third-order valence-corrected chi connectivity index (χ3v) is 3.32. The summed E-state index contributed by atoms with van der Waals surface area (Å²) in [7, 11) is 0. The lowest BCUT2D eigenvalue weighted by Gasteiger charge is -2.04. The van der Waals surface area contributed by atoms with Gasteiger partial charge in [-0.1, -0.05) is 35.3 Å². The number of carboxylic acid groups (broad SMARTS) is 1. The molecule has 1 aromatic carbocycles. The van der Waals surface area contributed by atoms with Crippen molar-refractivity contribution < 1.29 is 9.90 Å². The second-order valence-corrected chi connectivity index (χ2v) is 4.89. The minimum atomic E-state index is -1.10. The number of hydrogen-bond acceptors (Lipinski definition) is 3. The Morgan fingerprint density at radius 2 is 1.90 bits per heavy atom. The molecule has 0 aliphatic carbocycles. The number of carboxylic acids is 1. The molecule has 1 N–H and O–H groups in total. The monoisotopic (exact) mass is 307 g/mol. The van der Waals surface area contributed by atoms with Crippen molar-refractivity contribution in [1.29, 1.82) is 0 Å². The molecule has 5 nitrogen and oxygen atoms in total. The molecule has 0 saturated carbocycles. The third-order valence-electron chi connectivity index (χ3n) is 2.80. The van der Waals surface area contributed by atoms with Gasteiger partial charge in [-0.25, -0.2) is 14.3 Å². The molecule has 0 amide bonds. The lowest BCUT2D eigenvalue weighted by Crippen LogP contribution is -1.99. The second-order valence-electron chi connectivity index (χ2n) is 4.07. The van der Waals surface area contributed by atoms with E-state index in [2.05, 4.69) is 10.1 Å². The Bertz CT molecular complexity index is 812. The zero-order valence-corrected chi connectivity index (χ0v) is 11.4. The van der Waals surface area contributed by atoms with Gasteiger partial charge in [-0.2, -0.15) is 5.10 Å². The molecule has 0 aliphatic rings. The maximum Gasteiger partial charge on any atom is 0.341 e. The van der Waals surface area contributed by atoms with E-state index in [0.29, 0.717) is 10.7 Å². The van der Waals surface area contributed by atoms with Crippen LogP contribution in [0, 0.1) is 0 Å². The zero-order valence-electron chi connectivity index (χ0n) is 9.92. The molecule has 20 heavy (non-hydrogen) atoms. The normalized spacial score (nSPS) is 10.9. The number of benzene rings is 1. The van der Waals surface area contributed by atoms with Crippen molar-refractivity contribution in [2.45, 2.75) is 0 Å². The molecule has 0 spiro atoms. The third kappa shape index (κ3) is 2.11. The van der Waals surface area contributed by atoms with Gasteiger partial charge in [-0.15, -0.1) is 0 Å². The fourth-order valence-corrected chi connectivity index (χ4v) is 2.20. The minimum Gasteiger partial charge on any atom is -0.477 e. The van der Waals surface area contributed by atoms with Gasteiger partial charge in [-0.05, 0) is 12.1 Å². The predicted molar refractivity (Wildman–Crippen MR) is 75.4 cm³/mol. The summed E-state index contributed by atoms with van der Waals surface area (Å²) in [4.78, 5) is 15.4. The van der Waals surface area contributed by atoms with Crippen LogP contribution in [0.5, 0.6) is 0 Å². The van der Waals surface area contributed by atoms with Crippen LogP contribution in [0.3, 0.4) is 0 Å². The fraction of sp³-hybridized carbons (Fsp3) is 0. The highest BCUT2D eigenvalue weighted by Crippen LogP contribution is 2.24. The number of hydrogen-bond donors (Lipinski definition) is 1. The molecule has 0 atom stereocenters. The average Bonchev–Trinajstić information content (AvgIpc) is 2.84. The molecule has 7 heteroatoms. The van der Waals surface area contributed by atoms with Gasteiger partial charge in [-0.3, -0.25) is 0 Å². The number of aromatic nitrogens is 3. The van der Waals surface area contributed by atoms with Crippen LogP contribution < -0.4 is 0 Å². The molecule has 3 aromatic rings. The van der Waals surface area contributed by atoms with Crippen LogP contribution in [-0.2, 0) is 0 Å². The molecule has 0 bridgehead atoms. The van der Waals surface area contributed by atoms with E-state index in [1.54, 1.807) is 30.3 Å². The first kappa shape index (κ1) is 12.9. The molecule has 0 fully saturated rings. The van der Waals surface area contributed by atoms with Gasteiger partial charge in [0.1, 0.15) is 10.7 Å². The number of carbonyl (C=O) groups is 1. The summed E-state index contributed by atoms with van der Waals surface area (Å²) in [6, 6.07) is 8.65. The van der Waals surface area contributed by atoms with Crippen LogP contribution in [-0.4, -0.2) is 25.7 Å². The van der Waals surface area contributed by atoms with Gasteiger partial charge in [0, 0.05) is 16.7 Å². The van der Waals surface area contributed by atoms with Gasteiger partial charge in [0.2, 0.25) is 0 Å². The van der Waals surface area contributed by atoms with Crippen LogP contribution >= 0.6 is 23.2 Å². The summed E-state index contributed by atoms with van der Waals surface area (Å²) < 4.78 is 1.28. The zero-order chi connectivity index (χ0) is 14.3. The Kier molecular flexibility index (Phi) is 3.08. The van der Waals surface area contributed by atoms with Crippen molar-refractivity contribution in [2.24, 2.45) is 0 Å². The Hall–Kier alpha value is -2.11. The molecule has 2 aromatic heterocycles. The van der Waals surface area contributed by atoms with Crippen molar-refractivity contribution in [3.63, 3.8) is 0 Å². The van der Waals surface area contributed by atoms with E-state index in [0.717, 1.165) is 5.56 Å². The number of aromatic carboxylic acids is 1. The standard InChI is InChI=1S/C13H7Cl2N3O2/c14-8-3-1-7(2-4-8)10-5-11(15)18-12(17-10)9(6-16-18)13(19)20/h1-6H,(H,19,20). The molecular formula is C13H7Cl2N3O2. The topological polar surface area (TPSA) is 67.5 Å². The van der Waals surface area contributed by atoms with Crippen LogP contribution in [0.25, 0.3) is 16.9 Å². The number of halogens is 2. The number of nitrogens with zero attached hydrogens (tertiary/aromatic N) is 3. The highest BCUT2D eigenvalue weighted by molar-refractivity contribution is 6.30. The van der Waals surface area contributed by atoms with E-state index in [1.165, 1.54) is 10.7 Å². The van der Waals surface area contributed by atoms with Crippen LogP contribution in [0.15, 0.2) is 36.5 Å². The van der Waals surface area contributed by atoms with Crippen LogP contribution in [0.4, 0.5) is 0 Å². The Balaban J connectivity index is 2.24. The van der Waals surface area contributed by atoms with E-state index >= 15 is 0 Å². The van der Waals surface area contributed by atoms with E-state index in [9.17, 15) is 4.79 Å². The summed E-state index contributed by atoms with van der Waals surface area (Å²) in [6.45, 7) is 0. The SMILES string of the molecule is O=C(O)c1cnn2c(Cl)cc(-c3ccc(Cl)cc3)nc12. The Labute approximate surface area is 123 Å². The van der Waals surface area contributed by atoms with E-state index in [1.807, 2.05) is 0 Å². The van der Waals surface area contributed by atoms with Gasteiger partial charge in [0.15, 0.2) is 5.65 Å². The summed E-state index contributed by atoms with van der Waals surface area (Å²) >= 11 is 11.9. The maximum absolute atomic E-state index is 11.1. The first-order valence-electron chi connectivity index (χ1n) is 5.60. The molecule has 2 heterocycles. The maximum atomic E-state index is 11.1. The summed E-state index contributed by atoms with van der Waals surface area (Å²) in [6.07, 6.45) is 1.22. The van der Waals surface area contributed by atoms with Gasteiger partial charge in [0.05, 0.1) is 11.9 Å². The quantitative estimate of drug-likeness (QED) is 0.737. The van der Waals surface area contributed by atoms with Crippen molar-refractivity contribution in [2.75, 3.05) is 0 Å². The molecule has 0 unspecified atom stereocenters. The lowest BCUT2D eigenvalue weighted by atomic mass is 10.1. The lowest BCUT2D eigenvalue weighted by molar-refractivity contribution is 0.0699. The predicted octanol–water partition coefficient (Wildman–Crippen LogP) is 3.40. The van der Waals surface area contributed by atoms with Gasteiger partial charge < -0.3 is 5.11 Å². The van der Waals surface area contributed by atoms with Crippen LogP contribution in [0.1, 0.15) is 10.4 Å². The van der Waals surface area contributed by atoms with E-state index in [-0.39, 0.29) is 16.4 Å². The first-order chi connectivity index (χ1) is 9.56. The van der Waals surface area contributed by atoms with Crippen molar-refractivity contribution >= 4 is 34.8 Å². The average molecular weight is 308 g/mol. The summed E-state index contributed by atoms with van der Waals surface area (Å²) in [5, 5.41) is 13.9. The molecule has 3 rings (SSSR count). The largest absolute Gasteiger partial charge is 0.477 e.